The van der Waals surface area contributed by atoms with Crippen LogP contribution in [0.25, 0.3) is 50.8 Å². The van der Waals surface area contributed by atoms with Gasteiger partial charge in [-0.15, -0.1) is 0 Å². The first-order valence-electron chi connectivity index (χ1n) is 40.9. The highest BCUT2D eigenvalue weighted by atomic mass is 19.4. The van der Waals surface area contributed by atoms with Crippen molar-refractivity contribution >= 4 is 52.1 Å². The van der Waals surface area contributed by atoms with Crippen molar-refractivity contribution in [3.8, 4) is 50.8 Å². The molecule has 6 saturated heterocycles. The summed E-state index contributed by atoms with van der Waals surface area (Å²) in [5.74, 6) is -8.27. The molecule has 21 nitrogen and oxygen atoms in total. The first kappa shape index (κ1) is 89.1. The number of ketones is 3. The second kappa shape index (κ2) is 35.3. The largest absolute Gasteiger partial charge is 0.419 e. The number of piperidine rings is 3. The number of hydrogen-bond acceptors (Lipinski definition) is 15. The molecule has 6 fully saturated rings. The number of pyridine rings is 3. The van der Waals surface area contributed by atoms with Crippen molar-refractivity contribution in [3.63, 3.8) is 0 Å². The van der Waals surface area contributed by atoms with E-state index in [1.54, 1.807) is 191 Å². The molecule has 12 heterocycles. The van der Waals surface area contributed by atoms with Gasteiger partial charge >= 0.3 is 12.4 Å². The van der Waals surface area contributed by atoms with Crippen molar-refractivity contribution in [2.75, 3.05) is 73.6 Å². The first-order valence-corrected chi connectivity index (χ1v) is 40.9. The summed E-state index contributed by atoms with van der Waals surface area (Å²) in [4.78, 5) is 102. The van der Waals surface area contributed by atoms with Crippen LogP contribution in [-0.4, -0.2) is 170 Å². The van der Waals surface area contributed by atoms with Crippen LogP contribution < -0.4 is 14.7 Å². The molecule has 6 aliphatic rings. The average molecular weight is 1770 g/mol. The maximum absolute atomic E-state index is 14.5. The van der Waals surface area contributed by atoms with Crippen molar-refractivity contribution in [2.24, 2.45) is 0 Å². The average Bonchev–Trinajstić information content (AvgIpc) is 1.55. The molecule has 12 aromatic rings. The van der Waals surface area contributed by atoms with Crippen LogP contribution in [0, 0.1) is 68.4 Å². The van der Waals surface area contributed by atoms with Gasteiger partial charge in [0.1, 0.15) is 39.9 Å². The van der Waals surface area contributed by atoms with Gasteiger partial charge in [0.2, 0.25) is 0 Å². The number of nitrogens with zero attached hydrogens (tertiary/aromatic N) is 15. The molecule has 0 bridgehead atoms. The normalized spacial score (nSPS) is 16.6. The molecular weight excluding hydrogens is 1680 g/mol. The fraction of sp³-hybridized carbons (Fsp3) is 0.298. The third-order valence-electron chi connectivity index (χ3n) is 24.9. The number of aryl methyl sites for hydroxylation is 4. The summed E-state index contributed by atoms with van der Waals surface area (Å²) in [5.41, 5.74) is 2.27. The maximum atomic E-state index is 14.5. The quantitative estimate of drug-likeness (QED) is 0.0821. The number of carbonyl (C=O) groups excluding carboxylic acids is 6. The van der Waals surface area contributed by atoms with Gasteiger partial charge in [0.15, 0.2) is 51.9 Å². The van der Waals surface area contributed by atoms with Crippen LogP contribution in [0.2, 0.25) is 0 Å². The van der Waals surface area contributed by atoms with Gasteiger partial charge in [0.05, 0.1) is 45.3 Å². The number of Topliss-reactive ketones (excluding diaryl/α,β-unsaturated/α-hetero) is 3. The zero-order valence-corrected chi connectivity index (χ0v) is 68.8. The second-order valence-electron chi connectivity index (χ2n) is 32.3. The highest BCUT2D eigenvalue weighted by Gasteiger charge is 2.55. The summed E-state index contributed by atoms with van der Waals surface area (Å²) < 4.78 is 186. The fourth-order valence-corrected chi connectivity index (χ4v) is 18.0. The Morgan fingerprint density at radius 1 is 0.328 bits per heavy atom. The summed E-state index contributed by atoms with van der Waals surface area (Å²) >= 11 is 0. The Balaban J connectivity index is 0.000000147. The summed E-state index contributed by atoms with van der Waals surface area (Å²) in [5, 5.41) is 13.6. The first-order chi connectivity index (χ1) is 60.6. The maximum Gasteiger partial charge on any atom is 0.419 e. The Kier molecular flexibility index (Phi) is 24.6. The van der Waals surface area contributed by atoms with Gasteiger partial charge in [0, 0.05) is 161 Å². The van der Waals surface area contributed by atoms with E-state index in [-0.39, 0.29) is 187 Å². The summed E-state index contributed by atoms with van der Waals surface area (Å²) in [6, 6.07) is 38.2. The van der Waals surface area contributed by atoms with Crippen LogP contribution in [0.5, 0.6) is 0 Å². The molecular formula is C94H84F13N15O6. The molecule has 6 aromatic heterocycles. The van der Waals surface area contributed by atoms with E-state index < -0.39 is 86.7 Å². The van der Waals surface area contributed by atoms with Crippen molar-refractivity contribution < 1.29 is 85.8 Å². The molecule has 128 heavy (non-hydrogen) atoms. The number of rotatable bonds is 12. The zero-order chi connectivity index (χ0) is 89.9. The third kappa shape index (κ3) is 17.0. The van der Waals surface area contributed by atoms with Gasteiger partial charge in [-0.1, -0.05) is 37.3 Å². The minimum Gasteiger partial charge on any atom is -0.358 e. The molecule has 0 unspecified atom stereocenters. The SMILES string of the molecule is C.Cc1ccc(-n2nc(C(=O)N3CCC4(CC3)C(=O)CCN4c3cc(F)c(F)c(F)c3)cc2-c2ccncc2)cc1F.Cc1ccc(-n2nc(C(=O)N3CCC4(CC3)C(=O)CCN4c3ccc(F)c(C(F)(F)F)c3)cc2-c2ccncc2)cc1F.Cc1ccc(N2CCC(=O)C23CCN(C(=O)c2cc(-c4ccncc4)n(-c4ccc(C)c(F)c4)n2)CC3)c(C(F)(F)F)c1. The third-order valence-corrected chi connectivity index (χ3v) is 24.9. The van der Waals surface area contributed by atoms with Crippen LogP contribution in [-0.2, 0) is 26.7 Å². The standard InChI is InChI=1S/C32H29F4N5O2.C31H26F5N5O2.C30H25F4N5O2.CH4/c1-20-3-6-27(24(17-20)32(34,35)36)40-14-9-29(42)31(40)10-15-39(16-11-31)30(43)26-19-28(22-7-12-37-13-8-22)41(38-26)23-5-4-21(2)25(33)18-23;1-19-2-3-22(17-25(19)33)41-27(20-6-11-37-12-7-20)18-26(38-41)29(43)39-14-9-30(10-15-39)28(42)8-13-40(30)21-4-5-24(32)23(16-21)31(34,35)36;1-18-2-3-20(14-22(18)31)39-26(19-4-9-35-10-5-19)17-25(36-39)29(41)37-12-7-30(8-13-37)27(40)6-11-38(30)21-15-23(32)28(34)24(33)16-21;/h3-8,12-13,17-19H,9-11,14-16H2,1-2H3;2-7,11-12,16-18H,8-10,13-15H2,1H3;2-5,9-10,14-17H,6-8,11-13H2,1H3;1H4. The molecule has 6 aromatic carbocycles. The second-order valence-corrected chi connectivity index (χ2v) is 32.3. The van der Waals surface area contributed by atoms with E-state index in [0.29, 0.717) is 62.0 Å². The summed E-state index contributed by atoms with van der Waals surface area (Å²) in [7, 11) is 0. The number of benzene rings is 6. The molecule has 0 N–H and O–H groups in total. The van der Waals surface area contributed by atoms with E-state index in [2.05, 4.69) is 30.2 Å². The molecule has 6 aliphatic heterocycles. The Labute approximate surface area is 726 Å². The number of carbonyl (C=O) groups is 6. The molecule has 3 spiro atoms. The van der Waals surface area contributed by atoms with E-state index in [0.717, 1.165) is 41.5 Å². The Morgan fingerprint density at radius 2 is 0.641 bits per heavy atom. The van der Waals surface area contributed by atoms with Crippen molar-refractivity contribution in [2.45, 2.75) is 122 Å². The highest BCUT2D eigenvalue weighted by molar-refractivity contribution is 6.00. The monoisotopic (exact) mass is 1770 g/mol. The summed E-state index contributed by atoms with van der Waals surface area (Å²) in [6.45, 7) is 8.24. The Morgan fingerprint density at radius 3 is 0.977 bits per heavy atom. The van der Waals surface area contributed by atoms with E-state index in [1.807, 2.05) is 0 Å². The van der Waals surface area contributed by atoms with Crippen LogP contribution >= 0.6 is 0 Å². The predicted molar refractivity (Wildman–Crippen MR) is 450 cm³/mol. The fourth-order valence-electron chi connectivity index (χ4n) is 18.0. The zero-order valence-electron chi connectivity index (χ0n) is 68.8. The van der Waals surface area contributed by atoms with Crippen LogP contribution in [0.15, 0.2) is 195 Å². The minimum absolute atomic E-state index is 0. The van der Waals surface area contributed by atoms with Crippen LogP contribution in [0.1, 0.15) is 130 Å². The van der Waals surface area contributed by atoms with Gasteiger partial charge in [0.25, 0.3) is 17.7 Å². The molecule has 662 valence electrons. The van der Waals surface area contributed by atoms with E-state index in [9.17, 15) is 85.8 Å². The van der Waals surface area contributed by atoms with Gasteiger partial charge in [-0.3, -0.25) is 43.7 Å². The topological polar surface area (TPSA) is 214 Å². The predicted octanol–water partition coefficient (Wildman–Crippen LogP) is 18.0. The van der Waals surface area contributed by atoms with Crippen molar-refractivity contribution in [1.29, 1.82) is 0 Å². The number of anilines is 3. The molecule has 0 atom stereocenters. The molecule has 0 saturated carbocycles. The lowest BCUT2D eigenvalue weighted by atomic mass is 9.83. The van der Waals surface area contributed by atoms with Gasteiger partial charge < -0.3 is 29.4 Å². The smallest absolute Gasteiger partial charge is 0.358 e. The number of likely N-dealkylation sites (tertiary alicyclic amines) is 3. The number of alkyl halides is 6. The molecule has 34 heteroatoms. The lowest BCUT2D eigenvalue weighted by Crippen LogP contribution is -2.57. The van der Waals surface area contributed by atoms with Gasteiger partial charge in [-0.25, -0.2) is 44.8 Å². The molecule has 0 radical (unpaired) electrons. The number of hydrogen-bond donors (Lipinski definition) is 0. The minimum atomic E-state index is -4.88. The molecule has 18 rings (SSSR count). The summed E-state index contributed by atoms with van der Waals surface area (Å²) in [6.07, 6.45) is 1.88. The number of halogens is 13. The van der Waals surface area contributed by atoms with E-state index in [4.69, 9.17) is 0 Å². The van der Waals surface area contributed by atoms with Gasteiger partial charge in [-0.05, 0) is 204 Å². The molecule has 0 aliphatic carbocycles. The van der Waals surface area contributed by atoms with Crippen molar-refractivity contribution in [1.82, 2.24) is 59.0 Å². The molecule has 3 amide bonds. The van der Waals surface area contributed by atoms with Crippen LogP contribution in [0.3, 0.4) is 0 Å². The number of amides is 3. The highest BCUT2D eigenvalue weighted by Crippen LogP contribution is 2.48. The lowest BCUT2D eigenvalue weighted by Gasteiger charge is -2.45. The van der Waals surface area contributed by atoms with E-state index >= 15 is 0 Å². The van der Waals surface area contributed by atoms with Gasteiger partial charge in [-0.2, -0.15) is 41.6 Å². The Bertz CT molecular complexity index is 6250. The lowest BCUT2D eigenvalue weighted by molar-refractivity contribution is -0.140. The van der Waals surface area contributed by atoms with Crippen LogP contribution in [0.4, 0.5) is 74.1 Å². The van der Waals surface area contributed by atoms with E-state index in [1.165, 1.54) is 44.4 Å². The Hall–Kier alpha value is -13.7. The number of aromatic nitrogens is 9. The van der Waals surface area contributed by atoms with Crippen molar-refractivity contribution in [3.05, 3.63) is 286 Å².